The number of amides is 1. The minimum absolute atomic E-state index is 0.0614. The Morgan fingerprint density at radius 1 is 1.08 bits per heavy atom. The summed E-state index contributed by atoms with van der Waals surface area (Å²) in [6.45, 7) is 0. The number of anilines is 1. The van der Waals surface area contributed by atoms with Gasteiger partial charge < -0.3 is 19.9 Å². The second-order valence-electron chi connectivity index (χ2n) is 5.59. The Balaban J connectivity index is 2.03. The summed E-state index contributed by atoms with van der Waals surface area (Å²) in [5.74, 6) is -0.810. The average molecular weight is 378 g/mol. The molecule has 0 unspecified atom stereocenters. The molecule has 0 fully saturated rings. The number of carboxylic acids is 1. The highest BCUT2D eigenvalue weighted by Crippen LogP contribution is 2.33. The predicted molar refractivity (Wildman–Crippen MR) is 99.5 cm³/mol. The van der Waals surface area contributed by atoms with Gasteiger partial charge in [-0.05, 0) is 30.5 Å². The number of carbonyl (C=O) groups is 2. The fourth-order valence-corrected chi connectivity index (χ4v) is 2.60. The number of aryl methyl sites for hydroxylation is 1. The van der Waals surface area contributed by atoms with Crippen molar-refractivity contribution >= 4 is 29.2 Å². The summed E-state index contributed by atoms with van der Waals surface area (Å²) in [4.78, 5) is 23.6. The lowest BCUT2D eigenvalue weighted by atomic mass is 10.1. The Morgan fingerprint density at radius 3 is 2.27 bits per heavy atom. The quantitative estimate of drug-likeness (QED) is 0.725. The van der Waals surface area contributed by atoms with Gasteiger partial charge in [0.05, 0.1) is 25.5 Å². The highest BCUT2D eigenvalue weighted by Gasteiger charge is 2.17. The molecule has 138 valence electrons. The van der Waals surface area contributed by atoms with Crippen LogP contribution in [0.2, 0.25) is 5.02 Å². The molecule has 0 radical (unpaired) electrons. The van der Waals surface area contributed by atoms with E-state index in [1.54, 1.807) is 12.1 Å². The lowest BCUT2D eigenvalue weighted by Crippen LogP contribution is -2.15. The van der Waals surface area contributed by atoms with Crippen molar-refractivity contribution in [1.29, 1.82) is 0 Å². The van der Waals surface area contributed by atoms with Gasteiger partial charge in [-0.25, -0.2) is 4.79 Å². The molecule has 7 heteroatoms. The summed E-state index contributed by atoms with van der Waals surface area (Å²) < 4.78 is 10.3. The fourth-order valence-electron chi connectivity index (χ4n) is 2.48. The Bertz CT molecular complexity index is 789. The highest BCUT2D eigenvalue weighted by molar-refractivity contribution is 6.30. The van der Waals surface area contributed by atoms with Gasteiger partial charge in [-0.1, -0.05) is 23.7 Å². The Kier molecular flexibility index (Phi) is 6.86. The summed E-state index contributed by atoms with van der Waals surface area (Å²) in [5.41, 5.74) is 1.19. The molecule has 2 rings (SSSR count). The van der Waals surface area contributed by atoms with E-state index in [-0.39, 0.29) is 29.3 Å². The number of nitrogens with one attached hydrogen (secondary N) is 1. The summed E-state index contributed by atoms with van der Waals surface area (Å²) in [5, 5.41) is 12.7. The van der Waals surface area contributed by atoms with Gasteiger partial charge in [0.1, 0.15) is 0 Å². The largest absolute Gasteiger partial charge is 0.493 e. The maximum absolute atomic E-state index is 12.2. The highest BCUT2D eigenvalue weighted by atomic mass is 35.5. The van der Waals surface area contributed by atoms with Gasteiger partial charge in [-0.3, -0.25) is 4.79 Å². The van der Waals surface area contributed by atoms with Crippen LogP contribution in [0.25, 0.3) is 0 Å². The number of methoxy groups -OCH3 is 2. The molecule has 0 atom stereocenters. The van der Waals surface area contributed by atoms with Crippen molar-refractivity contribution in [3.8, 4) is 11.5 Å². The molecule has 0 aromatic heterocycles. The van der Waals surface area contributed by atoms with E-state index < -0.39 is 5.97 Å². The number of halogens is 1. The van der Waals surface area contributed by atoms with Crippen molar-refractivity contribution in [2.45, 2.75) is 19.3 Å². The first kappa shape index (κ1) is 19.6. The van der Waals surface area contributed by atoms with Crippen LogP contribution in [0.4, 0.5) is 5.69 Å². The number of carbonyl (C=O) groups excluding carboxylic acids is 1. The lowest BCUT2D eigenvalue weighted by molar-refractivity contribution is -0.116. The maximum atomic E-state index is 12.2. The topological polar surface area (TPSA) is 84.9 Å². The van der Waals surface area contributed by atoms with Crippen LogP contribution in [0.5, 0.6) is 11.5 Å². The zero-order valence-corrected chi connectivity index (χ0v) is 15.3. The van der Waals surface area contributed by atoms with Gasteiger partial charge in [0, 0.05) is 23.6 Å². The molecule has 0 bridgehead atoms. The van der Waals surface area contributed by atoms with Crippen molar-refractivity contribution in [2.75, 3.05) is 19.5 Å². The van der Waals surface area contributed by atoms with Gasteiger partial charge in [0.15, 0.2) is 11.5 Å². The van der Waals surface area contributed by atoms with Crippen molar-refractivity contribution in [3.63, 3.8) is 0 Å². The van der Waals surface area contributed by atoms with Gasteiger partial charge in [-0.2, -0.15) is 0 Å². The molecule has 0 spiro atoms. The number of rotatable bonds is 8. The molecule has 0 saturated carbocycles. The standard InChI is InChI=1S/C19H20ClNO5/c1-25-16-10-14(19(23)24)15(11-17(16)26-2)21-18(22)5-3-4-12-6-8-13(20)9-7-12/h6-11H,3-5H2,1-2H3,(H,21,22)(H,23,24). The molecule has 0 saturated heterocycles. The van der Waals surface area contributed by atoms with E-state index in [1.165, 1.54) is 26.4 Å². The molecule has 1 amide bonds. The van der Waals surface area contributed by atoms with Crippen molar-refractivity contribution in [2.24, 2.45) is 0 Å². The maximum Gasteiger partial charge on any atom is 0.337 e. The number of hydrogen-bond donors (Lipinski definition) is 2. The molecule has 2 N–H and O–H groups in total. The first-order valence-electron chi connectivity index (χ1n) is 7.98. The second-order valence-corrected chi connectivity index (χ2v) is 6.02. The van der Waals surface area contributed by atoms with Gasteiger partial charge >= 0.3 is 5.97 Å². The normalized spacial score (nSPS) is 10.3. The second kappa shape index (κ2) is 9.10. The molecule has 2 aromatic rings. The SMILES string of the molecule is COc1cc(NC(=O)CCCc2ccc(Cl)cc2)c(C(=O)O)cc1OC. The van der Waals surface area contributed by atoms with Crippen LogP contribution in [0, 0.1) is 0 Å². The van der Waals surface area contributed by atoms with Crippen molar-refractivity contribution in [3.05, 3.63) is 52.5 Å². The minimum Gasteiger partial charge on any atom is -0.493 e. The van der Waals surface area contributed by atoms with E-state index in [4.69, 9.17) is 21.1 Å². The summed E-state index contributed by atoms with van der Waals surface area (Å²) in [7, 11) is 2.86. The molecule has 0 aliphatic rings. The molecule has 2 aromatic carbocycles. The van der Waals surface area contributed by atoms with Crippen LogP contribution in [0.3, 0.4) is 0 Å². The third-order valence-corrected chi connectivity index (χ3v) is 4.06. The monoisotopic (exact) mass is 377 g/mol. The van der Waals surface area contributed by atoms with Crippen LogP contribution < -0.4 is 14.8 Å². The predicted octanol–water partition coefficient (Wildman–Crippen LogP) is 4.02. The molecular weight excluding hydrogens is 358 g/mol. The minimum atomic E-state index is -1.16. The third-order valence-electron chi connectivity index (χ3n) is 3.81. The van der Waals surface area contributed by atoms with Crippen LogP contribution in [0.1, 0.15) is 28.8 Å². The summed E-state index contributed by atoms with van der Waals surface area (Å²) in [6, 6.07) is 10.2. The van der Waals surface area contributed by atoms with E-state index >= 15 is 0 Å². The van der Waals surface area contributed by atoms with E-state index in [1.807, 2.05) is 12.1 Å². The number of ether oxygens (including phenoxy) is 2. The Labute approximate surface area is 156 Å². The van der Waals surface area contributed by atoms with Gasteiger partial charge in [0.25, 0.3) is 0 Å². The third kappa shape index (κ3) is 5.13. The van der Waals surface area contributed by atoms with Gasteiger partial charge in [-0.15, -0.1) is 0 Å². The Hall–Kier alpha value is -2.73. The van der Waals surface area contributed by atoms with Crippen LogP contribution >= 0.6 is 11.6 Å². The lowest BCUT2D eigenvalue weighted by Gasteiger charge is -2.13. The summed E-state index contributed by atoms with van der Waals surface area (Å²) in [6.07, 6.45) is 1.61. The van der Waals surface area contributed by atoms with E-state index in [0.717, 1.165) is 12.0 Å². The zero-order valence-electron chi connectivity index (χ0n) is 14.5. The van der Waals surface area contributed by atoms with Crippen molar-refractivity contribution < 1.29 is 24.2 Å². The smallest absolute Gasteiger partial charge is 0.337 e. The summed E-state index contributed by atoms with van der Waals surface area (Å²) >= 11 is 5.84. The average Bonchev–Trinajstić information content (AvgIpc) is 2.62. The molecule has 0 aliphatic carbocycles. The van der Waals surface area contributed by atoms with Gasteiger partial charge in [0.2, 0.25) is 5.91 Å². The van der Waals surface area contributed by atoms with Crippen LogP contribution in [-0.2, 0) is 11.2 Å². The van der Waals surface area contributed by atoms with E-state index in [9.17, 15) is 14.7 Å². The number of hydrogen-bond acceptors (Lipinski definition) is 4. The fraction of sp³-hybridized carbons (Fsp3) is 0.263. The number of aromatic carboxylic acids is 1. The first-order chi connectivity index (χ1) is 12.4. The number of benzene rings is 2. The Morgan fingerprint density at radius 2 is 1.69 bits per heavy atom. The van der Waals surface area contributed by atoms with E-state index in [0.29, 0.717) is 17.2 Å². The number of carboxylic acid groups (broad SMARTS) is 1. The first-order valence-corrected chi connectivity index (χ1v) is 8.36. The molecule has 0 aliphatic heterocycles. The molecule has 6 nitrogen and oxygen atoms in total. The van der Waals surface area contributed by atoms with Crippen molar-refractivity contribution in [1.82, 2.24) is 0 Å². The van der Waals surface area contributed by atoms with E-state index in [2.05, 4.69) is 5.32 Å². The molecule has 26 heavy (non-hydrogen) atoms. The van der Waals surface area contributed by atoms with Crippen LogP contribution in [-0.4, -0.2) is 31.2 Å². The molecule has 0 heterocycles. The zero-order chi connectivity index (χ0) is 19.1. The van der Waals surface area contributed by atoms with Crippen LogP contribution in [0.15, 0.2) is 36.4 Å². The molecular formula is C19H20ClNO5.